The van der Waals surface area contributed by atoms with E-state index >= 15 is 0 Å². The first-order valence-corrected chi connectivity index (χ1v) is 5.15. The van der Waals surface area contributed by atoms with Crippen LogP contribution in [0.3, 0.4) is 0 Å². The van der Waals surface area contributed by atoms with Crippen LogP contribution >= 0.6 is 15.9 Å². The molecule has 4 heteroatoms. The minimum atomic E-state index is -0.329. The van der Waals surface area contributed by atoms with Gasteiger partial charge in [-0.15, -0.1) is 0 Å². The van der Waals surface area contributed by atoms with E-state index in [4.69, 9.17) is 10.8 Å². The Bertz CT molecular complexity index is 452. The summed E-state index contributed by atoms with van der Waals surface area (Å²) in [5, 5.41) is 10.1. The molecule has 74 valence electrons. The summed E-state index contributed by atoms with van der Waals surface area (Å²) in [6, 6.07) is 5.53. The van der Waals surface area contributed by atoms with Gasteiger partial charge in [0.25, 0.3) is 0 Å². The quantitative estimate of drug-likeness (QED) is 0.767. The summed E-state index contributed by atoms with van der Waals surface area (Å²) >= 11 is 3.44. The minimum Gasteiger partial charge on any atom is -0.394 e. The summed E-state index contributed by atoms with van der Waals surface area (Å²) in [5.41, 5.74) is 7.71. The van der Waals surface area contributed by atoms with E-state index in [0.717, 1.165) is 20.9 Å². The standard InChI is InChI=1S/C10H11BrN2O/c11-8-4-13-10-6(8)2-1-3-7(10)9(12)5-14/h1-4,9,13-14H,5,12H2. The van der Waals surface area contributed by atoms with Crippen molar-refractivity contribution in [1.82, 2.24) is 4.98 Å². The molecule has 1 aromatic heterocycles. The number of hydrogen-bond acceptors (Lipinski definition) is 2. The summed E-state index contributed by atoms with van der Waals surface area (Å²) < 4.78 is 1.01. The number of rotatable bonds is 2. The Morgan fingerprint density at radius 2 is 2.29 bits per heavy atom. The Morgan fingerprint density at radius 1 is 1.50 bits per heavy atom. The lowest BCUT2D eigenvalue weighted by Crippen LogP contribution is -2.14. The highest BCUT2D eigenvalue weighted by atomic mass is 79.9. The van der Waals surface area contributed by atoms with Gasteiger partial charge >= 0.3 is 0 Å². The van der Waals surface area contributed by atoms with Crippen LogP contribution in [0, 0.1) is 0 Å². The molecule has 0 saturated carbocycles. The van der Waals surface area contributed by atoms with Gasteiger partial charge in [0.05, 0.1) is 18.2 Å². The fraction of sp³-hybridized carbons (Fsp3) is 0.200. The van der Waals surface area contributed by atoms with E-state index in [2.05, 4.69) is 20.9 Å². The van der Waals surface area contributed by atoms with Crippen molar-refractivity contribution in [2.45, 2.75) is 6.04 Å². The molecule has 0 amide bonds. The predicted octanol–water partition coefficient (Wildman–Crippen LogP) is 1.92. The lowest BCUT2D eigenvalue weighted by Gasteiger charge is -2.09. The van der Waals surface area contributed by atoms with Gasteiger partial charge in [-0.1, -0.05) is 18.2 Å². The first-order valence-electron chi connectivity index (χ1n) is 4.36. The number of para-hydroxylation sites is 1. The molecule has 0 saturated heterocycles. The van der Waals surface area contributed by atoms with Crippen molar-refractivity contribution in [2.75, 3.05) is 6.61 Å². The number of aliphatic hydroxyl groups is 1. The molecule has 0 radical (unpaired) electrons. The highest BCUT2D eigenvalue weighted by molar-refractivity contribution is 9.10. The molecule has 2 aromatic rings. The minimum absolute atomic E-state index is 0.0459. The third-order valence-corrected chi connectivity index (χ3v) is 2.95. The maximum absolute atomic E-state index is 9.00. The van der Waals surface area contributed by atoms with Gasteiger partial charge in [-0.25, -0.2) is 0 Å². The average Bonchev–Trinajstić information content (AvgIpc) is 2.59. The van der Waals surface area contributed by atoms with Crippen LogP contribution in [-0.4, -0.2) is 16.7 Å². The van der Waals surface area contributed by atoms with Crippen LogP contribution in [0.4, 0.5) is 0 Å². The normalized spacial score (nSPS) is 13.4. The van der Waals surface area contributed by atoms with Gasteiger partial charge in [0, 0.05) is 16.1 Å². The average molecular weight is 255 g/mol. The Labute approximate surface area is 90.1 Å². The first-order chi connectivity index (χ1) is 6.74. The van der Waals surface area contributed by atoms with Gasteiger partial charge in [0.1, 0.15) is 0 Å². The number of aromatic nitrogens is 1. The molecule has 3 nitrogen and oxygen atoms in total. The summed E-state index contributed by atoms with van der Waals surface area (Å²) in [7, 11) is 0. The van der Waals surface area contributed by atoms with Gasteiger partial charge in [-0.3, -0.25) is 0 Å². The van der Waals surface area contributed by atoms with Crippen molar-refractivity contribution in [3.63, 3.8) is 0 Å². The number of hydrogen-bond donors (Lipinski definition) is 3. The van der Waals surface area contributed by atoms with Gasteiger partial charge in [0.15, 0.2) is 0 Å². The molecule has 14 heavy (non-hydrogen) atoms. The molecular weight excluding hydrogens is 244 g/mol. The second-order valence-corrected chi connectivity index (χ2v) is 4.05. The Kier molecular flexibility index (Phi) is 2.58. The number of nitrogens with two attached hydrogens (primary N) is 1. The SMILES string of the molecule is NC(CO)c1cccc2c(Br)c[nH]c12. The summed E-state index contributed by atoms with van der Waals surface area (Å²) in [6.45, 7) is -0.0459. The molecule has 0 aliphatic heterocycles. The van der Waals surface area contributed by atoms with E-state index in [9.17, 15) is 0 Å². The number of nitrogens with one attached hydrogen (secondary N) is 1. The van der Waals surface area contributed by atoms with Gasteiger partial charge < -0.3 is 15.8 Å². The molecule has 1 atom stereocenters. The monoisotopic (exact) mass is 254 g/mol. The Balaban J connectivity index is 2.65. The number of aliphatic hydroxyl groups excluding tert-OH is 1. The Morgan fingerprint density at radius 3 is 3.00 bits per heavy atom. The van der Waals surface area contributed by atoms with Crippen molar-refractivity contribution in [3.8, 4) is 0 Å². The van der Waals surface area contributed by atoms with Gasteiger partial charge in [-0.2, -0.15) is 0 Å². The maximum Gasteiger partial charge on any atom is 0.0625 e. The molecular formula is C10H11BrN2O. The summed E-state index contributed by atoms with van der Waals surface area (Å²) in [5.74, 6) is 0. The zero-order valence-electron chi connectivity index (χ0n) is 7.50. The molecule has 0 bridgehead atoms. The molecule has 1 aromatic carbocycles. The van der Waals surface area contributed by atoms with E-state index in [1.807, 2.05) is 24.4 Å². The molecule has 2 rings (SSSR count). The van der Waals surface area contributed by atoms with E-state index in [1.165, 1.54) is 0 Å². The van der Waals surface area contributed by atoms with Crippen molar-refractivity contribution in [1.29, 1.82) is 0 Å². The molecule has 1 heterocycles. The molecule has 0 fully saturated rings. The number of fused-ring (bicyclic) bond motifs is 1. The van der Waals surface area contributed by atoms with Crippen LogP contribution in [0.1, 0.15) is 11.6 Å². The fourth-order valence-electron chi connectivity index (χ4n) is 1.55. The third-order valence-electron chi connectivity index (χ3n) is 2.29. The number of benzene rings is 1. The lowest BCUT2D eigenvalue weighted by molar-refractivity contribution is 0.268. The fourth-order valence-corrected chi connectivity index (χ4v) is 2.00. The molecule has 1 unspecified atom stereocenters. The highest BCUT2D eigenvalue weighted by Crippen LogP contribution is 2.28. The second-order valence-electron chi connectivity index (χ2n) is 3.20. The van der Waals surface area contributed by atoms with Crippen LogP contribution in [0.15, 0.2) is 28.9 Å². The first kappa shape index (κ1) is 9.71. The topological polar surface area (TPSA) is 62.0 Å². The van der Waals surface area contributed by atoms with Crippen LogP contribution in [0.25, 0.3) is 10.9 Å². The van der Waals surface area contributed by atoms with E-state index < -0.39 is 0 Å². The Hall–Kier alpha value is -0.840. The van der Waals surface area contributed by atoms with E-state index in [0.29, 0.717) is 0 Å². The zero-order chi connectivity index (χ0) is 10.1. The number of H-pyrrole nitrogens is 1. The molecule has 0 aliphatic carbocycles. The smallest absolute Gasteiger partial charge is 0.0625 e. The summed E-state index contributed by atoms with van der Waals surface area (Å²) in [6.07, 6.45) is 1.87. The van der Waals surface area contributed by atoms with Gasteiger partial charge in [-0.05, 0) is 21.5 Å². The van der Waals surface area contributed by atoms with Crippen LogP contribution in [-0.2, 0) is 0 Å². The van der Waals surface area contributed by atoms with Crippen LogP contribution in [0.2, 0.25) is 0 Å². The van der Waals surface area contributed by atoms with Crippen molar-refractivity contribution in [3.05, 3.63) is 34.4 Å². The second kappa shape index (κ2) is 3.73. The number of aromatic amines is 1. The highest BCUT2D eigenvalue weighted by Gasteiger charge is 2.10. The lowest BCUT2D eigenvalue weighted by atomic mass is 10.1. The maximum atomic E-state index is 9.00. The van der Waals surface area contributed by atoms with Gasteiger partial charge in [0.2, 0.25) is 0 Å². The zero-order valence-corrected chi connectivity index (χ0v) is 9.08. The van der Waals surface area contributed by atoms with Crippen molar-refractivity contribution >= 4 is 26.8 Å². The van der Waals surface area contributed by atoms with E-state index in [-0.39, 0.29) is 12.6 Å². The molecule has 0 spiro atoms. The number of halogens is 1. The molecule has 4 N–H and O–H groups in total. The van der Waals surface area contributed by atoms with Crippen LogP contribution < -0.4 is 5.73 Å². The van der Waals surface area contributed by atoms with E-state index in [1.54, 1.807) is 0 Å². The van der Waals surface area contributed by atoms with Crippen molar-refractivity contribution in [2.24, 2.45) is 5.73 Å². The predicted molar refractivity (Wildman–Crippen MR) is 60.0 cm³/mol. The molecule has 0 aliphatic rings. The van der Waals surface area contributed by atoms with Crippen LogP contribution in [0.5, 0.6) is 0 Å². The largest absolute Gasteiger partial charge is 0.394 e. The van der Waals surface area contributed by atoms with Crippen molar-refractivity contribution < 1.29 is 5.11 Å². The third kappa shape index (κ3) is 1.45. The summed E-state index contributed by atoms with van der Waals surface area (Å²) in [4.78, 5) is 3.13.